The van der Waals surface area contributed by atoms with Crippen LogP contribution >= 0.6 is 46.6 Å². The minimum absolute atomic E-state index is 0.160. The highest BCUT2D eigenvalue weighted by Crippen LogP contribution is 2.36. The number of thiocarbonyl (C=S) groups is 1. The number of carbonyl (C=O) groups excluding carboxylic acids is 1. The largest absolute Gasteiger partial charge is 0.490 e. The minimum atomic E-state index is -0.160. The maximum atomic E-state index is 11.7. The summed E-state index contributed by atoms with van der Waals surface area (Å²) >= 11 is 8.45. The molecule has 112 valence electrons. The molecule has 1 fully saturated rings. The van der Waals surface area contributed by atoms with Crippen LogP contribution in [0.5, 0.6) is 11.5 Å². The molecule has 0 spiro atoms. The molecule has 2 rings (SSSR count). The molecule has 21 heavy (non-hydrogen) atoms. The summed E-state index contributed by atoms with van der Waals surface area (Å²) in [6.45, 7) is 4.98. The predicted molar refractivity (Wildman–Crippen MR) is 97.8 cm³/mol. The van der Waals surface area contributed by atoms with Gasteiger partial charge in [0.2, 0.25) is 0 Å². The van der Waals surface area contributed by atoms with Gasteiger partial charge in [-0.3, -0.25) is 4.79 Å². The monoisotopic (exact) mass is 435 g/mol. The zero-order chi connectivity index (χ0) is 15.4. The van der Waals surface area contributed by atoms with Crippen LogP contribution in [0.15, 0.2) is 17.0 Å². The summed E-state index contributed by atoms with van der Waals surface area (Å²) in [6, 6.07) is 3.83. The van der Waals surface area contributed by atoms with Crippen LogP contribution in [-0.4, -0.2) is 23.4 Å². The topological polar surface area (TPSA) is 47.6 Å². The van der Waals surface area contributed by atoms with Gasteiger partial charge in [0.05, 0.1) is 21.7 Å². The first kappa shape index (κ1) is 16.6. The van der Waals surface area contributed by atoms with E-state index in [-0.39, 0.29) is 5.91 Å². The lowest BCUT2D eigenvalue weighted by Gasteiger charge is -2.13. The molecule has 1 N–H and O–H groups in total. The van der Waals surface area contributed by atoms with Crippen LogP contribution in [0.25, 0.3) is 6.08 Å². The van der Waals surface area contributed by atoms with Crippen molar-refractivity contribution in [2.75, 3.05) is 13.2 Å². The molecular weight excluding hydrogens is 421 g/mol. The number of benzene rings is 1. The number of ether oxygens (including phenoxy) is 2. The highest BCUT2D eigenvalue weighted by atomic mass is 127. The molecule has 1 aliphatic heterocycles. The average Bonchev–Trinajstić information content (AvgIpc) is 2.72. The molecule has 7 heteroatoms. The van der Waals surface area contributed by atoms with Gasteiger partial charge in [0.15, 0.2) is 11.5 Å². The fourth-order valence-corrected chi connectivity index (χ4v) is 3.62. The smallest absolute Gasteiger partial charge is 0.263 e. The third kappa shape index (κ3) is 4.10. The van der Waals surface area contributed by atoms with Gasteiger partial charge in [-0.15, -0.1) is 0 Å². The van der Waals surface area contributed by atoms with Crippen LogP contribution in [0, 0.1) is 3.57 Å². The van der Waals surface area contributed by atoms with Crippen LogP contribution in [-0.2, 0) is 4.79 Å². The fourth-order valence-electron chi connectivity index (χ4n) is 1.79. The standard InChI is InChI=1S/C14H14INO3S2/c1-3-18-10-6-8(5-9(15)12(10)19-4-2)7-11-13(17)16-14(20)21-11/h5-7H,3-4H2,1-2H3,(H,16,17,20)/b11-7-. The Kier molecular flexibility index (Phi) is 5.88. The highest BCUT2D eigenvalue weighted by Gasteiger charge is 2.22. The van der Waals surface area contributed by atoms with E-state index in [9.17, 15) is 4.79 Å². The van der Waals surface area contributed by atoms with Crippen molar-refractivity contribution in [3.8, 4) is 11.5 Å². The van der Waals surface area contributed by atoms with E-state index < -0.39 is 0 Å². The van der Waals surface area contributed by atoms with Crippen LogP contribution in [0.4, 0.5) is 0 Å². The molecule has 1 aromatic carbocycles. The van der Waals surface area contributed by atoms with E-state index in [2.05, 4.69) is 27.9 Å². The predicted octanol–water partition coefficient (Wildman–Crippen LogP) is 3.58. The molecule has 0 radical (unpaired) electrons. The summed E-state index contributed by atoms with van der Waals surface area (Å²) in [4.78, 5) is 12.3. The second-order valence-electron chi connectivity index (χ2n) is 4.05. The third-order valence-corrected chi connectivity index (χ3v) is 4.52. The molecule has 0 aliphatic carbocycles. The Morgan fingerprint density at radius 1 is 1.33 bits per heavy atom. The molecule has 0 aromatic heterocycles. The fraction of sp³-hybridized carbons (Fsp3) is 0.286. The van der Waals surface area contributed by atoms with Gasteiger partial charge in [0.25, 0.3) is 5.91 Å². The van der Waals surface area contributed by atoms with E-state index >= 15 is 0 Å². The Morgan fingerprint density at radius 3 is 2.62 bits per heavy atom. The molecule has 1 saturated heterocycles. The summed E-state index contributed by atoms with van der Waals surface area (Å²) in [6.07, 6.45) is 1.81. The molecule has 0 atom stereocenters. The first-order chi connectivity index (χ1) is 10.0. The zero-order valence-corrected chi connectivity index (χ0v) is 15.4. The zero-order valence-electron chi connectivity index (χ0n) is 11.6. The van der Waals surface area contributed by atoms with E-state index in [0.717, 1.165) is 14.9 Å². The number of nitrogens with one attached hydrogen (secondary N) is 1. The lowest BCUT2D eigenvalue weighted by Crippen LogP contribution is -2.17. The van der Waals surface area contributed by atoms with Gasteiger partial charge in [0.1, 0.15) is 4.32 Å². The highest BCUT2D eigenvalue weighted by molar-refractivity contribution is 14.1. The maximum Gasteiger partial charge on any atom is 0.263 e. The van der Waals surface area contributed by atoms with E-state index in [1.54, 1.807) is 6.08 Å². The Bertz CT molecular complexity index is 616. The van der Waals surface area contributed by atoms with Crippen molar-refractivity contribution >= 4 is 62.9 Å². The second-order valence-corrected chi connectivity index (χ2v) is 6.93. The Labute approximate surface area is 146 Å². The molecule has 1 aromatic rings. The third-order valence-electron chi connectivity index (χ3n) is 2.56. The van der Waals surface area contributed by atoms with Crippen molar-refractivity contribution in [2.45, 2.75) is 13.8 Å². The van der Waals surface area contributed by atoms with Crippen molar-refractivity contribution in [3.63, 3.8) is 0 Å². The maximum absolute atomic E-state index is 11.7. The minimum Gasteiger partial charge on any atom is -0.490 e. The van der Waals surface area contributed by atoms with Gasteiger partial charge in [-0.25, -0.2) is 0 Å². The van der Waals surface area contributed by atoms with Gasteiger partial charge >= 0.3 is 0 Å². The van der Waals surface area contributed by atoms with E-state index in [0.29, 0.717) is 28.2 Å². The first-order valence-electron chi connectivity index (χ1n) is 6.39. The lowest BCUT2D eigenvalue weighted by atomic mass is 10.2. The van der Waals surface area contributed by atoms with E-state index in [4.69, 9.17) is 21.7 Å². The van der Waals surface area contributed by atoms with Crippen LogP contribution in [0.2, 0.25) is 0 Å². The summed E-state index contributed by atoms with van der Waals surface area (Å²) < 4.78 is 12.7. The van der Waals surface area contributed by atoms with Crippen LogP contribution < -0.4 is 14.8 Å². The van der Waals surface area contributed by atoms with Crippen molar-refractivity contribution in [3.05, 3.63) is 26.2 Å². The molecule has 1 heterocycles. The Morgan fingerprint density at radius 2 is 2.05 bits per heavy atom. The summed E-state index contributed by atoms with van der Waals surface area (Å²) in [7, 11) is 0. The quantitative estimate of drug-likeness (QED) is 0.436. The molecular formula is C14H14INO3S2. The number of amides is 1. The van der Waals surface area contributed by atoms with E-state index in [1.165, 1.54) is 11.8 Å². The molecule has 4 nitrogen and oxygen atoms in total. The summed E-state index contributed by atoms with van der Waals surface area (Å²) in [5.41, 5.74) is 0.883. The normalized spacial score (nSPS) is 16.2. The Hall–Kier alpha value is -0.800. The van der Waals surface area contributed by atoms with Crippen LogP contribution in [0.1, 0.15) is 19.4 Å². The number of hydrogen-bond donors (Lipinski definition) is 1. The van der Waals surface area contributed by atoms with Gasteiger partial charge < -0.3 is 14.8 Å². The molecule has 0 unspecified atom stereocenters. The van der Waals surface area contributed by atoms with Gasteiger partial charge in [-0.1, -0.05) is 24.0 Å². The lowest BCUT2D eigenvalue weighted by molar-refractivity contribution is -0.115. The number of thioether (sulfide) groups is 1. The summed E-state index contributed by atoms with van der Waals surface area (Å²) in [5, 5.41) is 2.60. The number of rotatable bonds is 5. The number of hydrogen-bond acceptors (Lipinski definition) is 5. The average molecular weight is 435 g/mol. The van der Waals surface area contributed by atoms with Crippen molar-refractivity contribution in [1.29, 1.82) is 0 Å². The molecule has 1 amide bonds. The molecule has 0 saturated carbocycles. The van der Waals surface area contributed by atoms with Crippen molar-refractivity contribution in [2.24, 2.45) is 0 Å². The van der Waals surface area contributed by atoms with Gasteiger partial charge in [0, 0.05) is 0 Å². The first-order valence-corrected chi connectivity index (χ1v) is 8.69. The van der Waals surface area contributed by atoms with Crippen molar-refractivity contribution < 1.29 is 14.3 Å². The SMILES string of the molecule is CCOc1cc(/C=C2\SC(=S)NC2=O)cc(I)c1OCC. The molecule has 0 bridgehead atoms. The molecule has 1 aliphatic rings. The number of halogens is 1. The number of carbonyl (C=O) groups is 1. The Balaban J connectivity index is 2.39. The van der Waals surface area contributed by atoms with Crippen LogP contribution in [0.3, 0.4) is 0 Å². The summed E-state index contributed by atoms with van der Waals surface area (Å²) in [5.74, 6) is 1.26. The van der Waals surface area contributed by atoms with Gasteiger partial charge in [-0.05, 0) is 60.2 Å². The van der Waals surface area contributed by atoms with Crippen molar-refractivity contribution in [1.82, 2.24) is 5.32 Å². The van der Waals surface area contributed by atoms with E-state index in [1.807, 2.05) is 26.0 Å². The van der Waals surface area contributed by atoms with Gasteiger partial charge in [-0.2, -0.15) is 0 Å². The second kappa shape index (κ2) is 7.46.